The molecule has 21 heavy (non-hydrogen) atoms. The topological polar surface area (TPSA) is 76.1 Å². The van der Waals surface area contributed by atoms with E-state index in [0.29, 0.717) is 17.8 Å². The van der Waals surface area contributed by atoms with E-state index < -0.39 is 0 Å². The zero-order chi connectivity index (χ0) is 15.0. The number of hydrogen-bond acceptors (Lipinski definition) is 4. The Labute approximate surface area is 131 Å². The Morgan fingerprint density at radius 2 is 2.19 bits per heavy atom. The number of halogens is 1. The van der Waals surface area contributed by atoms with Crippen molar-refractivity contribution in [2.75, 3.05) is 0 Å². The summed E-state index contributed by atoms with van der Waals surface area (Å²) < 4.78 is 6.36. The summed E-state index contributed by atoms with van der Waals surface area (Å²) in [6, 6.07) is 9.85. The summed E-state index contributed by atoms with van der Waals surface area (Å²) in [6.07, 6.45) is 2.00. The number of ketones is 1. The van der Waals surface area contributed by atoms with Crippen LogP contribution in [0.15, 0.2) is 51.5 Å². The van der Waals surface area contributed by atoms with E-state index in [2.05, 4.69) is 22.0 Å². The second kappa shape index (κ2) is 5.38. The van der Waals surface area contributed by atoms with E-state index in [4.69, 9.17) is 10.5 Å². The van der Waals surface area contributed by atoms with Crippen LogP contribution in [0.5, 0.6) is 0 Å². The van der Waals surface area contributed by atoms with Crippen molar-refractivity contribution >= 4 is 21.7 Å². The van der Waals surface area contributed by atoms with E-state index in [-0.39, 0.29) is 17.6 Å². The Morgan fingerprint density at radius 1 is 1.38 bits per heavy atom. The molecule has 1 aliphatic carbocycles. The van der Waals surface area contributed by atoms with Crippen molar-refractivity contribution in [1.82, 2.24) is 0 Å². The molecule has 106 valence electrons. The third-order valence-corrected chi connectivity index (χ3v) is 4.31. The average molecular weight is 345 g/mol. The number of allylic oxidation sites excluding steroid dienone is 3. The molecule has 0 saturated heterocycles. The standard InChI is InChI=1S/C16H13BrN2O2/c17-10-4-1-3-9(7-10)14-11-5-2-6-13(20)15(11)21-16(19)12(14)8-18/h1,3-4,7,14H,2,5-6,19H2/t14-/m0/s1. The Kier molecular flexibility index (Phi) is 3.56. The zero-order valence-electron chi connectivity index (χ0n) is 11.2. The fourth-order valence-corrected chi connectivity index (χ4v) is 3.32. The van der Waals surface area contributed by atoms with E-state index in [9.17, 15) is 10.1 Å². The van der Waals surface area contributed by atoms with Crippen molar-refractivity contribution in [3.05, 3.63) is 57.1 Å². The minimum Gasteiger partial charge on any atom is -0.437 e. The van der Waals surface area contributed by atoms with Gasteiger partial charge < -0.3 is 10.5 Å². The van der Waals surface area contributed by atoms with Gasteiger partial charge in [0.1, 0.15) is 11.6 Å². The van der Waals surface area contributed by atoms with Gasteiger partial charge in [-0.1, -0.05) is 28.1 Å². The minimum absolute atomic E-state index is 0.0313. The number of nitriles is 1. The zero-order valence-corrected chi connectivity index (χ0v) is 12.8. The Bertz CT molecular complexity index is 728. The molecule has 1 heterocycles. The average Bonchev–Trinajstić information content (AvgIpc) is 2.47. The molecular weight excluding hydrogens is 332 g/mol. The first kappa shape index (κ1) is 13.9. The largest absolute Gasteiger partial charge is 0.437 e. The molecule has 1 atom stereocenters. The minimum atomic E-state index is -0.291. The number of carbonyl (C=O) groups is 1. The van der Waals surface area contributed by atoms with Crippen LogP contribution in [0.1, 0.15) is 30.7 Å². The number of Topliss-reactive ketones (excluding diaryl/α,β-unsaturated/α-hetero) is 1. The summed E-state index contributed by atoms with van der Waals surface area (Å²) in [4.78, 5) is 12.1. The first-order chi connectivity index (χ1) is 10.1. The van der Waals surface area contributed by atoms with Crippen molar-refractivity contribution in [2.24, 2.45) is 5.73 Å². The van der Waals surface area contributed by atoms with Crippen molar-refractivity contribution in [1.29, 1.82) is 5.26 Å². The van der Waals surface area contributed by atoms with Crippen LogP contribution in [0.25, 0.3) is 0 Å². The van der Waals surface area contributed by atoms with Gasteiger partial charge in [0, 0.05) is 16.8 Å². The number of benzene rings is 1. The lowest BCUT2D eigenvalue weighted by Gasteiger charge is -2.31. The molecule has 4 nitrogen and oxygen atoms in total. The van der Waals surface area contributed by atoms with Gasteiger partial charge in [0.15, 0.2) is 11.5 Å². The van der Waals surface area contributed by atoms with E-state index >= 15 is 0 Å². The highest BCUT2D eigenvalue weighted by Gasteiger charge is 2.36. The molecule has 2 aliphatic rings. The van der Waals surface area contributed by atoms with E-state index in [0.717, 1.165) is 28.5 Å². The molecular formula is C16H13BrN2O2. The second-order valence-electron chi connectivity index (χ2n) is 5.11. The molecule has 0 fully saturated rings. The predicted octanol–water partition coefficient (Wildman–Crippen LogP) is 3.26. The highest BCUT2D eigenvalue weighted by atomic mass is 79.9. The van der Waals surface area contributed by atoms with Crippen LogP contribution < -0.4 is 5.73 Å². The Hall–Kier alpha value is -2.06. The molecule has 5 heteroatoms. The summed E-state index contributed by atoms with van der Waals surface area (Å²) in [7, 11) is 0. The molecule has 0 bridgehead atoms. The van der Waals surface area contributed by atoms with Crippen LogP contribution in [0.4, 0.5) is 0 Å². The van der Waals surface area contributed by atoms with Crippen LogP contribution in [0.3, 0.4) is 0 Å². The Balaban J connectivity index is 2.18. The lowest BCUT2D eigenvalue weighted by molar-refractivity contribution is -0.119. The van der Waals surface area contributed by atoms with Crippen LogP contribution in [0.2, 0.25) is 0 Å². The van der Waals surface area contributed by atoms with Gasteiger partial charge in [0.05, 0.1) is 0 Å². The molecule has 1 aromatic rings. The smallest absolute Gasteiger partial charge is 0.205 e. The van der Waals surface area contributed by atoms with Gasteiger partial charge in [-0.3, -0.25) is 4.79 Å². The van der Waals surface area contributed by atoms with E-state index in [1.807, 2.05) is 24.3 Å². The maximum Gasteiger partial charge on any atom is 0.205 e. The number of ether oxygens (including phenoxy) is 1. The fraction of sp³-hybridized carbons (Fsp3) is 0.250. The second-order valence-corrected chi connectivity index (χ2v) is 6.03. The molecule has 1 aliphatic heterocycles. The first-order valence-electron chi connectivity index (χ1n) is 6.71. The molecule has 0 saturated carbocycles. The van der Waals surface area contributed by atoms with Gasteiger partial charge in [-0.25, -0.2) is 0 Å². The lowest BCUT2D eigenvalue weighted by atomic mass is 9.78. The number of nitrogens with two attached hydrogens (primary N) is 1. The van der Waals surface area contributed by atoms with E-state index in [1.165, 1.54) is 0 Å². The van der Waals surface area contributed by atoms with Gasteiger partial charge in [-0.15, -0.1) is 0 Å². The highest BCUT2D eigenvalue weighted by molar-refractivity contribution is 9.10. The van der Waals surface area contributed by atoms with Crippen molar-refractivity contribution in [3.63, 3.8) is 0 Å². The molecule has 2 N–H and O–H groups in total. The molecule has 1 aromatic carbocycles. The molecule has 0 radical (unpaired) electrons. The molecule has 0 aromatic heterocycles. The number of hydrogen-bond donors (Lipinski definition) is 1. The number of carbonyl (C=O) groups excluding carboxylic acids is 1. The lowest BCUT2D eigenvalue weighted by Crippen LogP contribution is -2.26. The quantitative estimate of drug-likeness (QED) is 0.848. The summed E-state index contributed by atoms with van der Waals surface area (Å²) in [6.45, 7) is 0. The van der Waals surface area contributed by atoms with Gasteiger partial charge in [0.2, 0.25) is 5.88 Å². The van der Waals surface area contributed by atoms with Crippen LogP contribution in [0, 0.1) is 11.3 Å². The summed E-state index contributed by atoms with van der Waals surface area (Å²) in [5.74, 6) is 0.0517. The predicted molar refractivity (Wildman–Crippen MR) is 80.7 cm³/mol. The first-order valence-corrected chi connectivity index (χ1v) is 7.50. The van der Waals surface area contributed by atoms with Gasteiger partial charge in [-0.05, 0) is 36.1 Å². The van der Waals surface area contributed by atoms with Crippen molar-refractivity contribution in [3.8, 4) is 6.07 Å². The van der Waals surface area contributed by atoms with Gasteiger partial charge in [0.25, 0.3) is 0 Å². The van der Waals surface area contributed by atoms with Gasteiger partial charge in [-0.2, -0.15) is 5.26 Å². The third kappa shape index (κ3) is 2.36. The molecule has 0 unspecified atom stereocenters. The molecule has 0 amide bonds. The van der Waals surface area contributed by atoms with Crippen molar-refractivity contribution in [2.45, 2.75) is 25.2 Å². The monoisotopic (exact) mass is 344 g/mol. The van der Waals surface area contributed by atoms with Crippen LogP contribution >= 0.6 is 15.9 Å². The highest BCUT2D eigenvalue weighted by Crippen LogP contribution is 2.43. The normalized spacial score (nSPS) is 21.7. The summed E-state index contributed by atoms with van der Waals surface area (Å²) in [5.41, 5.74) is 8.05. The molecule has 0 spiro atoms. The van der Waals surface area contributed by atoms with Crippen LogP contribution in [-0.4, -0.2) is 5.78 Å². The summed E-state index contributed by atoms with van der Waals surface area (Å²) >= 11 is 3.44. The maximum atomic E-state index is 12.1. The maximum absolute atomic E-state index is 12.1. The van der Waals surface area contributed by atoms with Gasteiger partial charge >= 0.3 is 0 Å². The third-order valence-electron chi connectivity index (χ3n) is 3.81. The van der Waals surface area contributed by atoms with E-state index in [1.54, 1.807) is 0 Å². The van der Waals surface area contributed by atoms with Crippen molar-refractivity contribution < 1.29 is 9.53 Å². The summed E-state index contributed by atoms with van der Waals surface area (Å²) in [5, 5.41) is 9.43. The fourth-order valence-electron chi connectivity index (χ4n) is 2.90. The van der Waals surface area contributed by atoms with Crippen LogP contribution in [-0.2, 0) is 9.53 Å². The Morgan fingerprint density at radius 3 is 2.90 bits per heavy atom. The number of rotatable bonds is 1. The number of nitrogens with zero attached hydrogens (tertiary/aromatic N) is 1. The molecule has 3 rings (SSSR count). The SMILES string of the molecule is N#CC1=C(N)OC2=C(CCCC2=O)[C@@H]1c1cccc(Br)c1.